The van der Waals surface area contributed by atoms with Gasteiger partial charge in [0.2, 0.25) is 0 Å². The first-order valence-corrected chi connectivity index (χ1v) is 6.81. The van der Waals surface area contributed by atoms with Gasteiger partial charge in [-0.25, -0.2) is 0 Å². The SMILES string of the molecule is CN(C)c1ccc(C2CC(=O)c3ccccc3N2)cc1. The lowest BCUT2D eigenvalue weighted by Crippen LogP contribution is -2.22. The van der Waals surface area contributed by atoms with E-state index in [1.54, 1.807) is 0 Å². The molecule has 0 fully saturated rings. The van der Waals surface area contributed by atoms with Crippen LogP contribution < -0.4 is 10.2 Å². The van der Waals surface area contributed by atoms with E-state index in [2.05, 4.69) is 34.5 Å². The van der Waals surface area contributed by atoms with Crippen LogP contribution in [0.2, 0.25) is 0 Å². The Morgan fingerprint density at radius 1 is 1.05 bits per heavy atom. The molecule has 2 aromatic carbocycles. The molecular weight excluding hydrogens is 248 g/mol. The molecule has 1 atom stereocenters. The molecule has 1 heterocycles. The molecule has 0 radical (unpaired) electrons. The zero-order valence-corrected chi connectivity index (χ0v) is 11.8. The fourth-order valence-corrected chi connectivity index (χ4v) is 2.59. The minimum absolute atomic E-state index is 0.0635. The van der Waals surface area contributed by atoms with E-state index < -0.39 is 0 Å². The summed E-state index contributed by atoms with van der Waals surface area (Å²) < 4.78 is 0. The number of hydrogen-bond donors (Lipinski definition) is 1. The predicted molar refractivity (Wildman–Crippen MR) is 82.5 cm³/mol. The lowest BCUT2D eigenvalue weighted by atomic mass is 9.92. The van der Waals surface area contributed by atoms with Crippen LogP contribution in [0.3, 0.4) is 0 Å². The second-order valence-corrected chi connectivity index (χ2v) is 5.36. The molecule has 3 rings (SSSR count). The number of para-hydroxylation sites is 1. The average Bonchev–Trinajstić information content (AvgIpc) is 2.47. The van der Waals surface area contributed by atoms with Gasteiger partial charge < -0.3 is 10.2 Å². The smallest absolute Gasteiger partial charge is 0.167 e. The molecule has 1 unspecified atom stereocenters. The molecule has 0 saturated carbocycles. The first-order valence-electron chi connectivity index (χ1n) is 6.81. The second-order valence-electron chi connectivity index (χ2n) is 5.36. The molecule has 2 aromatic rings. The number of carbonyl (C=O) groups excluding carboxylic acids is 1. The Morgan fingerprint density at radius 2 is 1.75 bits per heavy atom. The number of nitrogens with zero attached hydrogens (tertiary/aromatic N) is 1. The number of carbonyl (C=O) groups is 1. The van der Waals surface area contributed by atoms with Gasteiger partial charge in [-0.1, -0.05) is 24.3 Å². The number of anilines is 2. The van der Waals surface area contributed by atoms with Crippen molar-refractivity contribution < 1.29 is 4.79 Å². The van der Waals surface area contributed by atoms with Gasteiger partial charge in [0.15, 0.2) is 5.78 Å². The molecule has 0 amide bonds. The summed E-state index contributed by atoms with van der Waals surface area (Å²) in [6.07, 6.45) is 0.512. The summed E-state index contributed by atoms with van der Waals surface area (Å²) in [6, 6.07) is 16.1. The molecule has 1 N–H and O–H groups in total. The zero-order chi connectivity index (χ0) is 14.1. The van der Waals surface area contributed by atoms with Gasteiger partial charge >= 0.3 is 0 Å². The molecule has 0 bridgehead atoms. The summed E-state index contributed by atoms with van der Waals surface area (Å²) in [5.41, 5.74) is 4.05. The van der Waals surface area contributed by atoms with Crippen LogP contribution in [-0.2, 0) is 0 Å². The van der Waals surface area contributed by atoms with E-state index in [4.69, 9.17) is 0 Å². The number of nitrogens with one attached hydrogen (secondary N) is 1. The maximum Gasteiger partial charge on any atom is 0.167 e. The Morgan fingerprint density at radius 3 is 2.45 bits per heavy atom. The minimum Gasteiger partial charge on any atom is -0.378 e. The van der Waals surface area contributed by atoms with E-state index in [0.29, 0.717) is 6.42 Å². The first-order chi connectivity index (χ1) is 9.65. The highest BCUT2D eigenvalue weighted by molar-refractivity contribution is 6.03. The van der Waals surface area contributed by atoms with Gasteiger partial charge in [-0.2, -0.15) is 0 Å². The Bertz CT molecular complexity index is 632. The normalized spacial score (nSPS) is 17.3. The lowest BCUT2D eigenvalue weighted by Gasteiger charge is -2.26. The van der Waals surface area contributed by atoms with Gasteiger partial charge in [-0.05, 0) is 29.8 Å². The topological polar surface area (TPSA) is 32.3 Å². The number of fused-ring (bicyclic) bond motifs is 1. The van der Waals surface area contributed by atoms with Crippen molar-refractivity contribution in [2.75, 3.05) is 24.3 Å². The Balaban J connectivity index is 1.88. The van der Waals surface area contributed by atoms with E-state index >= 15 is 0 Å². The molecule has 0 saturated heterocycles. The Kier molecular flexibility index (Phi) is 3.18. The van der Waals surface area contributed by atoms with Gasteiger partial charge in [0.25, 0.3) is 0 Å². The van der Waals surface area contributed by atoms with Crippen LogP contribution in [0.25, 0.3) is 0 Å². The van der Waals surface area contributed by atoms with Crippen LogP contribution >= 0.6 is 0 Å². The molecule has 0 spiro atoms. The summed E-state index contributed by atoms with van der Waals surface area (Å²) in [5, 5.41) is 3.46. The molecule has 102 valence electrons. The highest BCUT2D eigenvalue weighted by Gasteiger charge is 2.24. The Hall–Kier alpha value is -2.29. The third-order valence-corrected chi connectivity index (χ3v) is 3.76. The monoisotopic (exact) mass is 266 g/mol. The molecule has 0 aliphatic carbocycles. The van der Waals surface area contributed by atoms with Gasteiger partial charge in [0, 0.05) is 37.5 Å². The molecule has 20 heavy (non-hydrogen) atoms. The van der Waals surface area contributed by atoms with Crippen molar-refractivity contribution in [3.05, 3.63) is 59.7 Å². The first kappa shape index (κ1) is 12.7. The largest absolute Gasteiger partial charge is 0.378 e. The molecule has 3 heteroatoms. The highest BCUT2D eigenvalue weighted by atomic mass is 16.1. The standard InChI is InChI=1S/C17H18N2O/c1-19(2)13-9-7-12(8-10-13)16-11-17(20)14-5-3-4-6-15(14)18-16/h3-10,16,18H,11H2,1-2H3. The fraction of sp³-hybridized carbons (Fsp3) is 0.235. The molecule has 1 aliphatic rings. The van der Waals surface area contributed by atoms with Crippen LogP contribution in [0, 0.1) is 0 Å². The molecule has 1 aliphatic heterocycles. The van der Waals surface area contributed by atoms with Crippen molar-refractivity contribution in [3.8, 4) is 0 Å². The van der Waals surface area contributed by atoms with E-state index in [1.807, 2.05) is 38.4 Å². The van der Waals surface area contributed by atoms with Gasteiger partial charge in [-0.15, -0.1) is 0 Å². The number of Topliss-reactive ketones (excluding diaryl/α,β-unsaturated/α-hetero) is 1. The zero-order valence-electron chi connectivity index (χ0n) is 11.8. The predicted octanol–water partition coefficient (Wildman–Crippen LogP) is 3.49. The van der Waals surface area contributed by atoms with E-state index in [1.165, 1.54) is 0 Å². The fourth-order valence-electron chi connectivity index (χ4n) is 2.59. The summed E-state index contributed by atoms with van der Waals surface area (Å²) in [5.74, 6) is 0.209. The van der Waals surface area contributed by atoms with E-state index in [0.717, 1.165) is 22.5 Å². The third kappa shape index (κ3) is 2.27. The van der Waals surface area contributed by atoms with Crippen LogP contribution in [0.15, 0.2) is 48.5 Å². The second kappa shape index (κ2) is 5.00. The van der Waals surface area contributed by atoms with E-state index in [-0.39, 0.29) is 11.8 Å². The van der Waals surface area contributed by atoms with Crippen molar-refractivity contribution in [1.29, 1.82) is 0 Å². The molecule has 3 nitrogen and oxygen atoms in total. The minimum atomic E-state index is 0.0635. The number of ketones is 1. The van der Waals surface area contributed by atoms with Gasteiger partial charge in [0.05, 0.1) is 6.04 Å². The lowest BCUT2D eigenvalue weighted by molar-refractivity contribution is 0.0972. The number of benzene rings is 2. The average molecular weight is 266 g/mol. The summed E-state index contributed by atoms with van der Waals surface area (Å²) in [7, 11) is 4.04. The Labute approximate surface area is 119 Å². The van der Waals surface area contributed by atoms with Gasteiger partial charge in [0.1, 0.15) is 0 Å². The van der Waals surface area contributed by atoms with Crippen molar-refractivity contribution in [3.63, 3.8) is 0 Å². The van der Waals surface area contributed by atoms with Crippen LogP contribution in [-0.4, -0.2) is 19.9 Å². The molecule has 0 aromatic heterocycles. The maximum absolute atomic E-state index is 12.2. The highest BCUT2D eigenvalue weighted by Crippen LogP contribution is 2.32. The van der Waals surface area contributed by atoms with E-state index in [9.17, 15) is 4.79 Å². The summed E-state index contributed by atoms with van der Waals surface area (Å²) in [6.45, 7) is 0. The van der Waals surface area contributed by atoms with Crippen molar-refractivity contribution >= 4 is 17.2 Å². The van der Waals surface area contributed by atoms with Gasteiger partial charge in [-0.3, -0.25) is 4.79 Å². The van der Waals surface area contributed by atoms with Crippen molar-refractivity contribution in [2.24, 2.45) is 0 Å². The summed E-state index contributed by atoms with van der Waals surface area (Å²) >= 11 is 0. The van der Waals surface area contributed by atoms with Crippen LogP contribution in [0.4, 0.5) is 11.4 Å². The van der Waals surface area contributed by atoms with Crippen LogP contribution in [0.1, 0.15) is 28.4 Å². The van der Waals surface area contributed by atoms with Crippen LogP contribution in [0.5, 0.6) is 0 Å². The summed E-state index contributed by atoms with van der Waals surface area (Å²) in [4.78, 5) is 14.3. The van der Waals surface area contributed by atoms with Crippen molar-refractivity contribution in [2.45, 2.75) is 12.5 Å². The molecular formula is C17H18N2O. The maximum atomic E-state index is 12.2. The number of rotatable bonds is 2. The third-order valence-electron chi connectivity index (χ3n) is 3.76. The van der Waals surface area contributed by atoms with Crippen molar-refractivity contribution in [1.82, 2.24) is 0 Å². The number of hydrogen-bond acceptors (Lipinski definition) is 3. The quantitative estimate of drug-likeness (QED) is 0.903.